The van der Waals surface area contributed by atoms with E-state index in [0.29, 0.717) is 6.61 Å². The topological polar surface area (TPSA) is 62.4 Å². The van der Waals surface area contributed by atoms with E-state index in [0.717, 1.165) is 71.9 Å². The van der Waals surface area contributed by atoms with Gasteiger partial charge >= 0.3 is 0 Å². The van der Waals surface area contributed by atoms with Crippen LogP contribution in [0.2, 0.25) is 0 Å². The van der Waals surface area contributed by atoms with Gasteiger partial charge in [0.05, 0.1) is 7.11 Å². The number of benzene rings is 2. The summed E-state index contributed by atoms with van der Waals surface area (Å²) in [6.45, 7) is 7.93. The molecule has 2 N–H and O–H groups in total. The Morgan fingerprint density at radius 3 is 2.64 bits per heavy atom. The van der Waals surface area contributed by atoms with Crippen LogP contribution in [-0.4, -0.2) is 61.3 Å². The Labute approximate surface area is 194 Å². The van der Waals surface area contributed by atoms with Crippen LogP contribution in [0.25, 0.3) is 33.3 Å². The quantitative estimate of drug-likeness (QED) is 0.441. The van der Waals surface area contributed by atoms with Crippen molar-refractivity contribution in [2.75, 3.05) is 46.4 Å². The van der Waals surface area contributed by atoms with Crippen molar-refractivity contribution in [1.29, 1.82) is 0 Å². The predicted octanol–water partition coefficient (Wildman–Crippen LogP) is 4.50. The van der Waals surface area contributed by atoms with E-state index in [1.807, 2.05) is 24.5 Å². The maximum Gasteiger partial charge on any atom is 0.161 e. The van der Waals surface area contributed by atoms with Gasteiger partial charge in [0.25, 0.3) is 0 Å². The molecule has 0 saturated carbocycles. The molecule has 6 nitrogen and oxygen atoms in total. The summed E-state index contributed by atoms with van der Waals surface area (Å²) in [5, 5.41) is 4.49. The van der Waals surface area contributed by atoms with Gasteiger partial charge in [-0.15, -0.1) is 0 Å². The van der Waals surface area contributed by atoms with E-state index in [2.05, 4.69) is 63.5 Å². The Morgan fingerprint density at radius 1 is 0.970 bits per heavy atom. The molecular weight excluding hydrogens is 412 g/mol. The molecule has 0 unspecified atom stereocenters. The number of aromatic nitrogens is 2. The second kappa shape index (κ2) is 9.65. The fourth-order valence-electron chi connectivity index (χ4n) is 4.45. The fourth-order valence-corrected chi connectivity index (χ4v) is 4.45. The van der Waals surface area contributed by atoms with E-state index >= 15 is 0 Å². The molecule has 170 valence electrons. The minimum Gasteiger partial charge on any atom is -0.493 e. The van der Waals surface area contributed by atoms with Crippen LogP contribution in [0, 0.1) is 6.92 Å². The van der Waals surface area contributed by atoms with Gasteiger partial charge in [-0.1, -0.05) is 30.3 Å². The maximum absolute atomic E-state index is 6.06. The summed E-state index contributed by atoms with van der Waals surface area (Å²) in [6, 6.07) is 16.7. The van der Waals surface area contributed by atoms with Crippen LogP contribution < -0.4 is 14.8 Å². The van der Waals surface area contributed by atoms with Crippen LogP contribution >= 0.6 is 0 Å². The number of aryl methyl sites for hydroxylation is 1. The Bertz CT molecular complexity index is 1240. The van der Waals surface area contributed by atoms with Gasteiger partial charge in [-0.05, 0) is 41.8 Å². The van der Waals surface area contributed by atoms with Gasteiger partial charge in [0, 0.05) is 61.6 Å². The summed E-state index contributed by atoms with van der Waals surface area (Å²) in [4.78, 5) is 10.4. The number of ether oxygens (including phenoxy) is 2. The summed E-state index contributed by atoms with van der Waals surface area (Å²) in [5.41, 5.74) is 6.60. The van der Waals surface area contributed by atoms with Crippen LogP contribution in [0.15, 0.2) is 60.9 Å². The van der Waals surface area contributed by atoms with Crippen molar-refractivity contribution in [2.45, 2.75) is 6.92 Å². The number of nitrogens with zero attached hydrogens (tertiary/aromatic N) is 2. The van der Waals surface area contributed by atoms with Gasteiger partial charge in [0.15, 0.2) is 11.5 Å². The maximum atomic E-state index is 6.06. The average Bonchev–Trinajstić information content (AvgIpc) is 3.28. The number of hydrogen-bond donors (Lipinski definition) is 2. The normalized spacial score (nSPS) is 14.5. The molecule has 0 aliphatic carbocycles. The lowest BCUT2D eigenvalue weighted by molar-refractivity contribution is 0.188. The SMILES string of the molecule is COc1cc(-c2cnc3[nH]cc(-c4ccccc4C)c3c2)ccc1OCCN1CCNCC1. The van der Waals surface area contributed by atoms with Crippen molar-refractivity contribution in [2.24, 2.45) is 0 Å². The van der Waals surface area contributed by atoms with Crippen LogP contribution in [0.4, 0.5) is 0 Å². The van der Waals surface area contributed by atoms with Crippen molar-refractivity contribution >= 4 is 11.0 Å². The molecule has 2 aromatic carbocycles. The van der Waals surface area contributed by atoms with Crippen molar-refractivity contribution in [3.05, 3.63) is 66.5 Å². The molecule has 5 rings (SSSR count). The molecular formula is C27H30N4O2. The standard InChI is InChI=1S/C27H30N4O2/c1-19-5-3-4-6-22(19)24-18-30-27-23(24)15-21(17-29-27)20-7-8-25(26(16-20)32-2)33-14-13-31-11-9-28-10-12-31/h3-8,15-18,28H,9-14H2,1-2H3,(H,29,30). The van der Waals surface area contributed by atoms with E-state index in [1.165, 1.54) is 11.1 Å². The minimum atomic E-state index is 0.645. The fraction of sp³-hybridized carbons (Fsp3) is 0.296. The van der Waals surface area contributed by atoms with Gasteiger partial charge in [-0.2, -0.15) is 0 Å². The summed E-state index contributed by atoms with van der Waals surface area (Å²) >= 11 is 0. The average molecular weight is 443 g/mol. The van der Waals surface area contributed by atoms with Crippen molar-refractivity contribution in [1.82, 2.24) is 20.2 Å². The van der Waals surface area contributed by atoms with E-state index in [1.54, 1.807) is 7.11 Å². The first-order valence-corrected chi connectivity index (χ1v) is 11.5. The van der Waals surface area contributed by atoms with E-state index in [9.17, 15) is 0 Å². The first-order chi connectivity index (χ1) is 16.2. The molecule has 6 heteroatoms. The number of rotatable bonds is 7. The number of aromatic amines is 1. The molecule has 0 amide bonds. The van der Waals surface area contributed by atoms with E-state index in [-0.39, 0.29) is 0 Å². The first kappa shape index (κ1) is 21.5. The Hall–Kier alpha value is -3.35. The van der Waals surface area contributed by atoms with Crippen molar-refractivity contribution in [3.63, 3.8) is 0 Å². The zero-order valence-corrected chi connectivity index (χ0v) is 19.2. The predicted molar refractivity (Wildman–Crippen MR) is 133 cm³/mol. The molecule has 1 aliphatic heterocycles. The highest BCUT2D eigenvalue weighted by molar-refractivity contribution is 5.96. The Kier molecular flexibility index (Phi) is 6.28. The summed E-state index contributed by atoms with van der Waals surface area (Å²) in [7, 11) is 1.69. The number of hydrogen-bond acceptors (Lipinski definition) is 5. The Balaban J connectivity index is 1.39. The van der Waals surface area contributed by atoms with Gasteiger partial charge < -0.3 is 19.8 Å². The number of methoxy groups -OCH3 is 1. The number of H-pyrrole nitrogens is 1. The number of pyridine rings is 1. The molecule has 3 heterocycles. The third kappa shape index (κ3) is 4.58. The third-order valence-electron chi connectivity index (χ3n) is 6.34. The summed E-state index contributed by atoms with van der Waals surface area (Å²) < 4.78 is 11.7. The van der Waals surface area contributed by atoms with Crippen LogP contribution in [-0.2, 0) is 0 Å². The lowest BCUT2D eigenvalue weighted by Gasteiger charge is -2.27. The summed E-state index contributed by atoms with van der Waals surface area (Å²) in [6.07, 6.45) is 3.94. The molecule has 0 bridgehead atoms. The number of nitrogens with one attached hydrogen (secondary N) is 2. The molecule has 0 spiro atoms. The second-order valence-electron chi connectivity index (χ2n) is 8.44. The molecule has 0 atom stereocenters. The lowest BCUT2D eigenvalue weighted by Crippen LogP contribution is -2.44. The second-order valence-corrected chi connectivity index (χ2v) is 8.44. The molecule has 4 aromatic rings. The van der Waals surface area contributed by atoms with Crippen LogP contribution in [0.1, 0.15) is 5.56 Å². The van der Waals surface area contributed by atoms with Gasteiger partial charge in [0.2, 0.25) is 0 Å². The molecule has 1 saturated heterocycles. The molecule has 0 radical (unpaired) electrons. The highest BCUT2D eigenvalue weighted by Crippen LogP contribution is 2.35. The van der Waals surface area contributed by atoms with Crippen molar-refractivity contribution < 1.29 is 9.47 Å². The smallest absolute Gasteiger partial charge is 0.161 e. The summed E-state index contributed by atoms with van der Waals surface area (Å²) in [5.74, 6) is 1.51. The van der Waals surface area contributed by atoms with Gasteiger partial charge in [-0.3, -0.25) is 4.90 Å². The lowest BCUT2D eigenvalue weighted by atomic mass is 9.99. The molecule has 33 heavy (non-hydrogen) atoms. The largest absolute Gasteiger partial charge is 0.493 e. The molecule has 1 aliphatic rings. The third-order valence-corrected chi connectivity index (χ3v) is 6.34. The zero-order chi connectivity index (χ0) is 22.6. The number of piperazine rings is 1. The highest BCUT2D eigenvalue weighted by atomic mass is 16.5. The highest BCUT2D eigenvalue weighted by Gasteiger charge is 2.13. The van der Waals surface area contributed by atoms with E-state index < -0.39 is 0 Å². The van der Waals surface area contributed by atoms with E-state index in [4.69, 9.17) is 9.47 Å². The molecule has 2 aromatic heterocycles. The van der Waals surface area contributed by atoms with Crippen LogP contribution in [0.3, 0.4) is 0 Å². The first-order valence-electron chi connectivity index (χ1n) is 11.5. The van der Waals surface area contributed by atoms with Gasteiger partial charge in [-0.25, -0.2) is 4.98 Å². The van der Waals surface area contributed by atoms with Gasteiger partial charge in [0.1, 0.15) is 12.3 Å². The van der Waals surface area contributed by atoms with Crippen LogP contribution in [0.5, 0.6) is 11.5 Å². The number of fused-ring (bicyclic) bond motifs is 1. The zero-order valence-electron chi connectivity index (χ0n) is 19.2. The molecule has 1 fully saturated rings. The monoisotopic (exact) mass is 442 g/mol. The van der Waals surface area contributed by atoms with Crippen molar-refractivity contribution in [3.8, 4) is 33.8 Å². The minimum absolute atomic E-state index is 0.645. The Morgan fingerprint density at radius 2 is 1.82 bits per heavy atom.